The minimum atomic E-state index is -1.86. The van der Waals surface area contributed by atoms with E-state index in [9.17, 15) is 0 Å². The number of thioether (sulfide) groups is 1. The number of unbranched alkanes of at least 4 members (excludes halogenated alkanes) is 4. The van der Waals surface area contributed by atoms with Gasteiger partial charge in [-0.3, -0.25) is 0 Å². The van der Waals surface area contributed by atoms with Gasteiger partial charge in [-0.1, -0.05) is 25.7 Å². The van der Waals surface area contributed by atoms with Crippen molar-refractivity contribution in [2.45, 2.75) is 64.6 Å². The van der Waals surface area contributed by atoms with E-state index in [0.717, 1.165) is 18.6 Å². The van der Waals surface area contributed by atoms with Gasteiger partial charge in [0.25, 0.3) is 0 Å². The molecule has 0 aromatic heterocycles. The zero-order valence-corrected chi connectivity index (χ0v) is 14.0. The van der Waals surface area contributed by atoms with E-state index in [4.69, 9.17) is 14.1 Å². The normalized spacial score (nSPS) is 13.3. The van der Waals surface area contributed by atoms with Crippen LogP contribution in [0.15, 0.2) is 0 Å². The lowest BCUT2D eigenvalue weighted by atomic mass is 10.1. The first-order valence-corrected chi connectivity index (χ1v) is 10.6. The van der Waals surface area contributed by atoms with Gasteiger partial charge in [-0.25, -0.2) is 0 Å². The van der Waals surface area contributed by atoms with Crippen LogP contribution in [0.25, 0.3) is 0 Å². The average Bonchev–Trinajstić information content (AvgIpc) is 2.32. The Kier molecular flexibility index (Phi) is 10.8. The topological polar surface area (TPSA) is 42.2 Å². The van der Waals surface area contributed by atoms with Crippen LogP contribution in [0.1, 0.15) is 45.4 Å². The van der Waals surface area contributed by atoms with Gasteiger partial charge in [0.2, 0.25) is 0 Å². The molecule has 0 aliphatic rings. The molecular formula is C13H27NO2SSi. The molecule has 0 amide bonds. The first kappa shape index (κ1) is 18.0. The summed E-state index contributed by atoms with van der Waals surface area (Å²) >= 11 is 1.36. The average molecular weight is 290 g/mol. The largest absolute Gasteiger partial charge is 0.398 e. The molecule has 0 bridgehead atoms. The molecule has 0 aromatic carbocycles. The molecule has 5 heteroatoms. The third-order valence-electron chi connectivity index (χ3n) is 2.90. The summed E-state index contributed by atoms with van der Waals surface area (Å²) in [6, 6.07) is 0. The predicted molar refractivity (Wildman–Crippen MR) is 80.8 cm³/mol. The van der Waals surface area contributed by atoms with Crippen molar-refractivity contribution in [2.75, 3.05) is 12.9 Å². The molecule has 1 atom stereocenters. The fraction of sp³-hybridized carbons (Fsp3) is 0.923. The van der Waals surface area contributed by atoms with Crippen molar-refractivity contribution >= 4 is 20.3 Å². The quantitative estimate of drug-likeness (QED) is 0.323. The Balaban J connectivity index is 3.36. The minimum absolute atomic E-state index is 0.306. The number of thiocyanates is 1. The van der Waals surface area contributed by atoms with Crippen molar-refractivity contribution in [3.63, 3.8) is 0 Å². The third-order valence-corrected chi connectivity index (χ3v) is 5.47. The Labute approximate surface area is 117 Å². The van der Waals surface area contributed by atoms with Crippen LogP contribution < -0.4 is 0 Å². The van der Waals surface area contributed by atoms with Gasteiger partial charge in [0.1, 0.15) is 5.40 Å². The maximum absolute atomic E-state index is 8.37. The Hall–Kier alpha value is -0.0231. The molecule has 0 heterocycles. The van der Waals surface area contributed by atoms with Crippen LogP contribution in [0.4, 0.5) is 0 Å². The van der Waals surface area contributed by atoms with E-state index in [0.29, 0.717) is 6.10 Å². The van der Waals surface area contributed by atoms with E-state index in [1.165, 1.54) is 37.4 Å². The highest BCUT2D eigenvalue weighted by atomic mass is 32.2. The van der Waals surface area contributed by atoms with Gasteiger partial charge in [0.15, 0.2) is 0 Å². The van der Waals surface area contributed by atoms with E-state index in [1.54, 1.807) is 7.11 Å². The van der Waals surface area contributed by atoms with E-state index in [1.807, 2.05) is 0 Å². The van der Waals surface area contributed by atoms with Gasteiger partial charge in [0, 0.05) is 19.0 Å². The summed E-state index contributed by atoms with van der Waals surface area (Å²) in [4.78, 5) is 0. The summed E-state index contributed by atoms with van der Waals surface area (Å²) in [5, 5.41) is 10.5. The third kappa shape index (κ3) is 11.1. The van der Waals surface area contributed by atoms with Gasteiger partial charge < -0.3 is 8.85 Å². The monoisotopic (exact) mass is 289 g/mol. The van der Waals surface area contributed by atoms with Gasteiger partial charge >= 0.3 is 8.56 Å². The summed E-state index contributed by atoms with van der Waals surface area (Å²) in [6.07, 6.45) is 7.58. The van der Waals surface area contributed by atoms with Crippen LogP contribution >= 0.6 is 11.8 Å². The molecule has 18 heavy (non-hydrogen) atoms. The molecule has 0 N–H and O–H groups in total. The first-order valence-electron chi connectivity index (χ1n) is 6.75. The fourth-order valence-corrected chi connectivity index (χ4v) is 3.40. The molecule has 0 aliphatic heterocycles. The van der Waals surface area contributed by atoms with Crippen LogP contribution in [0.3, 0.4) is 0 Å². The maximum atomic E-state index is 8.37. The number of nitrogens with zero attached hydrogens (tertiary/aromatic N) is 1. The van der Waals surface area contributed by atoms with E-state index in [2.05, 4.69) is 25.4 Å². The van der Waals surface area contributed by atoms with E-state index in [-0.39, 0.29) is 0 Å². The Morgan fingerprint density at radius 1 is 1.17 bits per heavy atom. The fourth-order valence-electron chi connectivity index (χ4n) is 1.77. The van der Waals surface area contributed by atoms with Crippen molar-refractivity contribution in [3.05, 3.63) is 0 Å². The van der Waals surface area contributed by atoms with Crippen LogP contribution in [-0.4, -0.2) is 27.5 Å². The highest BCUT2D eigenvalue weighted by Gasteiger charge is 2.24. The summed E-state index contributed by atoms with van der Waals surface area (Å²) in [6.45, 7) is 6.30. The first-order chi connectivity index (χ1) is 8.52. The van der Waals surface area contributed by atoms with Crippen LogP contribution in [-0.2, 0) is 8.85 Å². The molecule has 0 saturated heterocycles. The highest BCUT2D eigenvalue weighted by Crippen LogP contribution is 2.15. The van der Waals surface area contributed by atoms with Crippen molar-refractivity contribution in [3.8, 4) is 5.40 Å². The SMILES string of the molecule is CO[Si](C)(C)OC(C)CCCCCCCSC#N. The molecular weight excluding hydrogens is 262 g/mol. The number of nitriles is 1. The molecule has 0 spiro atoms. The van der Waals surface area contributed by atoms with Crippen LogP contribution in [0.2, 0.25) is 13.1 Å². The van der Waals surface area contributed by atoms with E-state index >= 15 is 0 Å². The minimum Gasteiger partial charge on any atom is -0.398 e. The summed E-state index contributed by atoms with van der Waals surface area (Å²) in [5.74, 6) is 0.976. The second-order valence-corrected chi connectivity index (χ2v) is 9.35. The molecule has 1 unspecified atom stereocenters. The molecule has 0 aromatic rings. The van der Waals surface area contributed by atoms with Crippen molar-refractivity contribution in [1.29, 1.82) is 5.26 Å². The zero-order chi connectivity index (χ0) is 13.9. The van der Waals surface area contributed by atoms with Gasteiger partial charge in [-0.2, -0.15) is 5.26 Å². The molecule has 0 saturated carbocycles. The van der Waals surface area contributed by atoms with Gasteiger partial charge in [0.05, 0.1) is 0 Å². The highest BCUT2D eigenvalue weighted by molar-refractivity contribution is 8.03. The molecule has 0 rings (SSSR count). The maximum Gasteiger partial charge on any atom is 0.331 e. The number of rotatable bonds is 11. The second kappa shape index (κ2) is 10.9. The Morgan fingerprint density at radius 3 is 2.39 bits per heavy atom. The second-order valence-electron chi connectivity index (χ2n) is 5.03. The Bertz CT molecular complexity index is 244. The lowest BCUT2D eigenvalue weighted by molar-refractivity contribution is 0.141. The zero-order valence-electron chi connectivity index (χ0n) is 12.2. The standard InChI is InChI=1S/C13H27NO2SSi/c1-13(16-18(3,4)15-2)10-8-6-5-7-9-11-17-12-14/h13H,5-11H2,1-4H3. The number of hydrogen-bond acceptors (Lipinski definition) is 4. The molecule has 0 fully saturated rings. The number of hydrogen-bond donors (Lipinski definition) is 0. The van der Waals surface area contributed by atoms with E-state index < -0.39 is 8.56 Å². The summed E-state index contributed by atoms with van der Waals surface area (Å²) < 4.78 is 11.3. The van der Waals surface area contributed by atoms with Crippen molar-refractivity contribution in [2.24, 2.45) is 0 Å². The van der Waals surface area contributed by atoms with Crippen molar-refractivity contribution in [1.82, 2.24) is 0 Å². The molecule has 0 aliphatic carbocycles. The summed E-state index contributed by atoms with van der Waals surface area (Å²) in [7, 11) is -0.130. The predicted octanol–water partition coefficient (Wildman–Crippen LogP) is 4.29. The van der Waals surface area contributed by atoms with Crippen LogP contribution in [0, 0.1) is 10.7 Å². The van der Waals surface area contributed by atoms with Gasteiger partial charge in [-0.05, 0) is 44.6 Å². The molecule has 106 valence electrons. The smallest absolute Gasteiger partial charge is 0.331 e. The lowest BCUT2D eigenvalue weighted by Gasteiger charge is -2.25. The lowest BCUT2D eigenvalue weighted by Crippen LogP contribution is -2.36. The van der Waals surface area contributed by atoms with Gasteiger partial charge in [-0.15, -0.1) is 0 Å². The molecule has 0 radical (unpaired) electrons. The van der Waals surface area contributed by atoms with Crippen LogP contribution in [0.5, 0.6) is 0 Å². The summed E-state index contributed by atoms with van der Waals surface area (Å²) in [5.41, 5.74) is 0. The molecule has 3 nitrogen and oxygen atoms in total. The Morgan fingerprint density at radius 2 is 1.78 bits per heavy atom. The van der Waals surface area contributed by atoms with Crippen molar-refractivity contribution < 1.29 is 8.85 Å².